The molecule has 25 heavy (non-hydrogen) atoms. The van der Waals surface area contributed by atoms with Crippen LogP contribution in [0.25, 0.3) is 6.08 Å². The molecule has 1 unspecified atom stereocenters. The Morgan fingerprint density at radius 2 is 1.80 bits per heavy atom. The van der Waals surface area contributed by atoms with Crippen LogP contribution in [-0.2, 0) is 19.4 Å². The Morgan fingerprint density at radius 3 is 2.36 bits per heavy atom. The summed E-state index contributed by atoms with van der Waals surface area (Å²) in [6.45, 7) is 8.86. The van der Waals surface area contributed by atoms with E-state index in [0.717, 1.165) is 5.41 Å². The number of ether oxygens (including phenoxy) is 1. The Kier molecular flexibility index (Phi) is 5.09. The third-order valence-corrected chi connectivity index (χ3v) is 5.11. The third kappa shape index (κ3) is 4.28. The van der Waals surface area contributed by atoms with Gasteiger partial charge < -0.3 is 10.1 Å². The second-order valence-corrected chi connectivity index (χ2v) is 9.10. The molecular formula is C18H23NO5S. The summed E-state index contributed by atoms with van der Waals surface area (Å²) >= 11 is 0. The van der Waals surface area contributed by atoms with Gasteiger partial charge in [-0.15, -0.1) is 0 Å². The van der Waals surface area contributed by atoms with Gasteiger partial charge in [-0.05, 0) is 44.9 Å². The summed E-state index contributed by atoms with van der Waals surface area (Å²) in [5, 5.41) is 3.74. The molecule has 1 N–H and O–H groups in total. The Bertz CT molecular complexity index is 832. The van der Waals surface area contributed by atoms with E-state index >= 15 is 0 Å². The summed E-state index contributed by atoms with van der Waals surface area (Å²) in [6, 6.07) is 3.67. The number of fused-ring (bicyclic) bond motifs is 1. The van der Waals surface area contributed by atoms with Crippen molar-refractivity contribution in [3.8, 4) is 0 Å². The van der Waals surface area contributed by atoms with Crippen LogP contribution >= 0.6 is 0 Å². The summed E-state index contributed by atoms with van der Waals surface area (Å²) in [5.74, 6) is -1.22. The Morgan fingerprint density at radius 1 is 1.16 bits per heavy atom. The Balaban J connectivity index is 2.28. The first-order valence-electron chi connectivity index (χ1n) is 8.02. The SMILES string of the molecule is CC(C)C(NC(=O)c1cccc2c1C=CS2(=O)=O)C(=O)OC(C)(C)C. The fraction of sp³-hybridized carbons (Fsp3) is 0.444. The highest BCUT2D eigenvalue weighted by Crippen LogP contribution is 2.29. The summed E-state index contributed by atoms with van der Waals surface area (Å²) in [5.41, 5.74) is -0.115. The molecule has 0 saturated carbocycles. The maximum atomic E-state index is 12.7. The normalized spacial score (nSPS) is 16.4. The lowest BCUT2D eigenvalue weighted by Gasteiger charge is -2.26. The number of carbonyl (C=O) groups excluding carboxylic acids is 2. The molecule has 1 aromatic carbocycles. The van der Waals surface area contributed by atoms with Gasteiger partial charge in [0.1, 0.15) is 11.6 Å². The highest BCUT2D eigenvalue weighted by Gasteiger charge is 2.31. The van der Waals surface area contributed by atoms with E-state index in [0.29, 0.717) is 5.56 Å². The van der Waals surface area contributed by atoms with Crippen molar-refractivity contribution in [2.45, 2.75) is 51.2 Å². The lowest BCUT2D eigenvalue weighted by atomic mass is 10.0. The average molecular weight is 365 g/mol. The van der Waals surface area contributed by atoms with Crippen LogP contribution < -0.4 is 5.32 Å². The highest BCUT2D eigenvalue weighted by atomic mass is 32.2. The van der Waals surface area contributed by atoms with Gasteiger partial charge in [0.25, 0.3) is 5.91 Å². The van der Waals surface area contributed by atoms with Crippen molar-refractivity contribution >= 4 is 27.8 Å². The average Bonchev–Trinajstić information content (AvgIpc) is 2.78. The van der Waals surface area contributed by atoms with Crippen LogP contribution in [0.2, 0.25) is 0 Å². The molecule has 0 bridgehead atoms. The summed E-state index contributed by atoms with van der Waals surface area (Å²) in [7, 11) is -3.50. The largest absolute Gasteiger partial charge is 0.458 e. The zero-order valence-corrected chi connectivity index (χ0v) is 15.8. The van der Waals surface area contributed by atoms with Crippen molar-refractivity contribution < 1.29 is 22.7 Å². The number of hydrogen-bond acceptors (Lipinski definition) is 5. The monoisotopic (exact) mass is 365 g/mol. The number of rotatable bonds is 4. The van der Waals surface area contributed by atoms with Crippen molar-refractivity contribution in [3.63, 3.8) is 0 Å². The number of amides is 1. The quantitative estimate of drug-likeness (QED) is 0.828. The zero-order chi connectivity index (χ0) is 19.0. The molecule has 1 aromatic rings. The molecule has 2 rings (SSSR count). The molecule has 0 radical (unpaired) electrons. The molecule has 0 aromatic heterocycles. The van der Waals surface area contributed by atoms with E-state index in [-0.39, 0.29) is 16.4 Å². The summed E-state index contributed by atoms with van der Waals surface area (Å²) in [6.07, 6.45) is 1.40. The van der Waals surface area contributed by atoms with Crippen LogP contribution in [0.1, 0.15) is 50.5 Å². The molecule has 1 heterocycles. The van der Waals surface area contributed by atoms with Gasteiger partial charge >= 0.3 is 5.97 Å². The van der Waals surface area contributed by atoms with Gasteiger partial charge in [-0.25, -0.2) is 13.2 Å². The minimum absolute atomic E-state index is 0.0958. The Labute approximate surface area is 148 Å². The number of hydrogen-bond donors (Lipinski definition) is 1. The first kappa shape index (κ1) is 19.2. The number of esters is 1. The van der Waals surface area contributed by atoms with Crippen molar-refractivity contribution in [3.05, 3.63) is 34.7 Å². The Hall–Kier alpha value is -2.15. The van der Waals surface area contributed by atoms with Crippen molar-refractivity contribution in [2.75, 3.05) is 0 Å². The molecule has 1 aliphatic rings. The zero-order valence-electron chi connectivity index (χ0n) is 15.0. The van der Waals surface area contributed by atoms with Gasteiger partial charge in [0.15, 0.2) is 9.84 Å². The van der Waals surface area contributed by atoms with Gasteiger partial charge in [-0.1, -0.05) is 19.9 Å². The number of nitrogens with one attached hydrogen (secondary N) is 1. The van der Waals surface area contributed by atoms with E-state index in [9.17, 15) is 18.0 Å². The molecule has 0 fully saturated rings. The van der Waals surface area contributed by atoms with Crippen LogP contribution in [0.5, 0.6) is 0 Å². The summed E-state index contributed by atoms with van der Waals surface area (Å²) < 4.78 is 29.2. The van der Waals surface area contributed by atoms with Crippen LogP contribution in [0, 0.1) is 5.92 Å². The number of benzene rings is 1. The van der Waals surface area contributed by atoms with Crippen molar-refractivity contribution in [1.29, 1.82) is 0 Å². The third-order valence-electron chi connectivity index (χ3n) is 3.65. The smallest absolute Gasteiger partial charge is 0.329 e. The van der Waals surface area contributed by atoms with Crippen molar-refractivity contribution in [1.82, 2.24) is 5.32 Å². The first-order chi connectivity index (χ1) is 11.4. The predicted molar refractivity (Wildman–Crippen MR) is 94.6 cm³/mol. The van der Waals surface area contributed by atoms with Gasteiger partial charge in [-0.3, -0.25) is 4.79 Å². The second kappa shape index (κ2) is 6.63. The maximum Gasteiger partial charge on any atom is 0.329 e. The molecule has 136 valence electrons. The maximum absolute atomic E-state index is 12.7. The lowest BCUT2D eigenvalue weighted by molar-refractivity contribution is -0.158. The first-order valence-corrected chi connectivity index (χ1v) is 9.57. The predicted octanol–water partition coefficient (Wildman–Crippen LogP) is 2.54. The molecule has 1 aliphatic heterocycles. The molecule has 1 atom stereocenters. The standard InChI is InChI=1S/C18H23NO5S/c1-11(2)15(17(21)24-18(3,4)5)19-16(20)13-7-6-8-14-12(13)9-10-25(14,22)23/h6-11,15H,1-5H3,(H,19,20). The van der Waals surface area contributed by atoms with E-state index in [1.54, 1.807) is 34.6 Å². The van der Waals surface area contributed by atoms with Crippen LogP contribution in [0.15, 0.2) is 28.5 Å². The molecule has 0 spiro atoms. The van der Waals surface area contributed by atoms with E-state index in [4.69, 9.17) is 4.74 Å². The fourth-order valence-corrected chi connectivity index (χ4v) is 3.69. The molecule has 6 nitrogen and oxygen atoms in total. The van der Waals surface area contributed by atoms with E-state index in [2.05, 4.69) is 5.32 Å². The second-order valence-electron chi connectivity index (χ2n) is 7.29. The molecule has 0 saturated heterocycles. The highest BCUT2D eigenvalue weighted by molar-refractivity contribution is 7.94. The van der Waals surface area contributed by atoms with Gasteiger partial charge in [-0.2, -0.15) is 0 Å². The van der Waals surface area contributed by atoms with Crippen LogP contribution in [0.3, 0.4) is 0 Å². The van der Waals surface area contributed by atoms with Crippen LogP contribution in [-0.4, -0.2) is 31.9 Å². The topological polar surface area (TPSA) is 89.5 Å². The molecule has 0 aliphatic carbocycles. The van der Waals surface area contributed by atoms with E-state index in [1.807, 2.05) is 0 Å². The van der Waals surface area contributed by atoms with Gasteiger partial charge in [0, 0.05) is 16.5 Å². The number of sulfone groups is 1. The van der Waals surface area contributed by atoms with Crippen molar-refractivity contribution in [2.24, 2.45) is 5.92 Å². The molecule has 7 heteroatoms. The van der Waals surface area contributed by atoms with Crippen LogP contribution in [0.4, 0.5) is 0 Å². The molecule has 1 amide bonds. The minimum Gasteiger partial charge on any atom is -0.458 e. The lowest BCUT2D eigenvalue weighted by Crippen LogP contribution is -2.47. The number of carbonyl (C=O) groups is 2. The van der Waals surface area contributed by atoms with E-state index in [1.165, 1.54) is 24.3 Å². The van der Waals surface area contributed by atoms with E-state index < -0.39 is 33.4 Å². The minimum atomic E-state index is -3.50. The van der Waals surface area contributed by atoms with Gasteiger partial charge in [0.05, 0.1) is 4.90 Å². The summed E-state index contributed by atoms with van der Waals surface area (Å²) in [4.78, 5) is 25.1. The molecular weight excluding hydrogens is 342 g/mol. The van der Waals surface area contributed by atoms with Gasteiger partial charge in [0.2, 0.25) is 0 Å². The fourth-order valence-electron chi connectivity index (χ4n) is 2.47.